The maximum atomic E-state index is 13.4. The lowest BCUT2D eigenvalue weighted by Crippen LogP contribution is -2.27. The summed E-state index contributed by atoms with van der Waals surface area (Å²) in [7, 11) is 3.19. The fourth-order valence-electron chi connectivity index (χ4n) is 5.35. The van der Waals surface area contributed by atoms with Crippen molar-refractivity contribution in [3.63, 3.8) is 0 Å². The lowest BCUT2D eigenvalue weighted by Gasteiger charge is -2.17. The third kappa shape index (κ3) is 6.44. The molecular formula is C34H33N3O5. The molecule has 0 fully saturated rings. The summed E-state index contributed by atoms with van der Waals surface area (Å²) in [5.74, 6) is 0.904. The molecule has 5 aromatic rings. The van der Waals surface area contributed by atoms with E-state index in [2.05, 4.69) is 22.0 Å². The molecule has 1 aromatic heterocycles. The molecule has 0 unspecified atom stereocenters. The Labute approximate surface area is 244 Å². The van der Waals surface area contributed by atoms with Crippen molar-refractivity contribution < 1.29 is 19.2 Å². The van der Waals surface area contributed by atoms with Crippen molar-refractivity contribution in [3.8, 4) is 11.5 Å². The first-order chi connectivity index (χ1) is 20.5. The summed E-state index contributed by atoms with van der Waals surface area (Å²) in [6.45, 7) is 1.06. The predicted molar refractivity (Wildman–Crippen MR) is 163 cm³/mol. The van der Waals surface area contributed by atoms with Gasteiger partial charge in [0.1, 0.15) is 0 Å². The number of nitrogens with zero attached hydrogens (tertiary/aromatic N) is 2. The number of amides is 1. The number of aromatic nitrogens is 1. The van der Waals surface area contributed by atoms with Gasteiger partial charge in [-0.05, 0) is 46.9 Å². The Balaban J connectivity index is 1.43. The summed E-state index contributed by atoms with van der Waals surface area (Å²) in [5.41, 5.74) is 4.89. The van der Waals surface area contributed by atoms with Crippen LogP contribution in [-0.2, 0) is 17.8 Å². The SMILES string of the molecule is COc1ccc(CCNC(=O)C[C@H](c2ccccc2)c2cn(Cc3ccccc3)c3ccc([N+](=O)[O-])cc23)cc1OC. The molecule has 1 heterocycles. The van der Waals surface area contributed by atoms with Crippen LogP contribution < -0.4 is 14.8 Å². The highest BCUT2D eigenvalue weighted by atomic mass is 16.6. The van der Waals surface area contributed by atoms with Gasteiger partial charge in [0, 0.05) is 54.7 Å². The van der Waals surface area contributed by atoms with Gasteiger partial charge < -0.3 is 19.4 Å². The molecule has 1 N–H and O–H groups in total. The van der Waals surface area contributed by atoms with Crippen molar-refractivity contribution in [2.24, 2.45) is 0 Å². The van der Waals surface area contributed by atoms with Gasteiger partial charge in [0.15, 0.2) is 11.5 Å². The number of fused-ring (bicyclic) bond motifs is 1. The van der Waals surface area contributed by atoms with Crippen LogP contribution in [0.25, 0.3) is 10.9 Å². The van der Waals surface area contributed by atoms with E-state index in [0.717, 1.165) is 33.2 Å². The van der Waals surface area contributed by atoms with Gasteiger partial charge in [-0.25, -0.2) is 0 Å². The number of carbonyl (C=O) groups is 1. The summed E-state index contributed by atoms with van der Waals surface area (Å²) >= 11 is 0. The zero-order chi connectivity index (χ0) is 29.5. The summed E-state index contributed by atoms with van der Waals surface area (Å²) in [5, 5.41) is 15.5. The Hall–Kier alpha value is -5.11. The second-order valence-corrected chi connectivity index (χ2v) is 10.1. The molecule has 0 aliphatic carbocycles. The van der Waals surface area contributed by atoms with E-state index in [1.165, 1.54) is 6.07 Å². The molecule has 0 radical (unpaired) electrons. The highest BCUT2D eigenvalue weighted by molar-refractivity contribution is 5.88. The van der Waals surface area contributed by atoms with Crippen molar-refractivity contribution >= 4 is 22.5 Å². The highest BCUT2D eigenvalue weighted by Gasteiger charge is 2.24. The van der Waals surface area contributed by atoms with E-state index < -0.39 is 0 Å². The van der Waals surface area contributed by atoms with E-state index >= 15 is 0 Å². The first-order valence-corrected chi connectivity index (χ1v) is 13.8. The molecule has 4 aromatic carbocycles. The quantitative estimate of drug-likeness (QED) is 0.138. The number of methoxy groups -OCH3 is 2. The third-order valence-electron chi connectivity index (χ3n) is 7.45. The van der Waals surface area contributed by atoms with Crippen LogP contribution in [0.4, 0.5) is 5.69 Å². The van der Waals surface area contributed by atoms with Gasteiger partial charge in [-0.2, -0.15) is 0 Å². The zero-order valence-electron chi connectivity index (χ0n) is 23.7. The fourth-order valence-corrected chi connectivity index (χ4v) is 5.35. The number of rotatable bonds is 12. The van der Waals surface area contributed by atoms with Crippen LogP contribution in [0.5, 0.6) is 11.5 Å². The van der Waals surface area contributed by atoms with E-state index in [9.17, 15) is 14.9 Å². The molecule has 0 saturated heterocycles. The second-order valence-electron chi connectivity index (χ2n) is 10.1. The minimum absolute atomic E-state index is 0.0207. The molecule has 0 bridgehead atoms. The summed E-state index contributed by atoms with van der Waals surface area (Å²) in [4.78, 5) is 24.7. The molecule has 0 aliphatic heterocycles. The number of non-ortho nitro benzene ring substituents is 1. The summed E-state index contributed by atoms with van der Waals surface area (Å²) in [6, 6.07) is 30.6. The first kappa shape index (κ1) is 28.4. The van der Waals surface area contributed by atoms with Gasteiger partial charge in [-0.15, -0.1) is 0 Å². The van der Waals surface area contributed by atoms with Crippen molar-refractivity contribution in [2.45, 2.75) is 25.3 Å². The number of carbonyl (C=O) groups excluding carboxylic acids is 1. The maximum Gasteiger partial charge on any atom is 0.270 e. The van der Waals surface area contributed by atoms with Crippen molar-refractivity contribution in [1.82, 2.24) is 9.88 Å². The maximum absolute atomic E-state index is 13.4. The van der Waals surface area contributed by atoms with Gasteiger partial charge in [0.05, 0.1) is 19.1 Å². The lowest BCUT2D eigenvalue weighted by molar-refractivity contribution is -0.384. The molecule has 0 spiro atoms. The first-order valence-electron chi connectivity index (χ1n) is 13.8. The highest BCUT2D eigenvalue weighted by Crippen LogP contribution is 2.37. The molecule has 5 rings (SSSR count). The van der Waals surface area contributed by atoms with Gasteiger partial charge >= 0.3 is 0 Å². The Bertz CT molecular complexity index is 1680. The normalized spacial score (nSPS) is 11.7. The Morgan fingerprint density at radius 2 is 1.60 bits per heavy atom. The Morgan fingerprint density at radius 3 is 2.29 bits per heavy atom. The molecule has 214 valence electrons. The predicted octanol–water partition coefficient (Wildman–Crippen LogP) is 6.50. The van der Waals surface area contributed by atoms with Crippen LogP contribution >= 0.6 is 0 Å². The number of nitrogens with one attached hydrogen (secondary N) is 1. The summed E-state index contributed by atoms with van der Waals surface area (Å²) < 4.78 is 12.8. The van der Waals surface area contributed by atoms with E-state index in [0.29, 0.717) is 31.0 Å². The average molecular weight is 564 g/mol. The molecule has 1 amide bonds. The van der Waals surface area contributed by atoms with Crippen LogP contribution in [0.1, 0.15) is 34.6 Å². The fraction of sp³-hybridized carbons (Fsp3) is 0.206. The number of nitro benzene ring substituents is 1. The van der Waals surface area contributed by atoms with E-state index in [4.69, 9.17) is 9.47 Å². The van der Waals surface area contributed by atoms with Crippen molar-refractivity contribution in [1.29, 1.82) is 0 Å². The minimum atomic E-state index is -0.379. The minimum Gasteiger partial charge on any atom is -0.493 e. The van der Waals surface area contributed by atoms with Crippen molar-refractivity contribution in [2.75, 3.05) is 20.8 Å². The number of nitro groups is 1. The lowest BCUT2D eigenvalue weighted by atomic mass is 9.88. The Morgan fingerprint density at radius 1 is 0.881 bits per heavy atom. The van der Waals surface area contributed by atoms with Crippen molar-refractivity contribution in [3.05, 3.63) is 136 Å². The summed E-state index contributed by atoms with van der Waals surface area (Å²) in [6.07, 6.45) is 2.86. The second kappa shape index (κ2) is 13.0. The number of benzene rings is 4. The smallest absolute Gasteiger partial charge is 0.270 e. The molecule has 8 nitrogen and oxygen atoms in total. The molecule has 1 atom stereocenters. The standard InChI is InChI=1S/C34H33N3O5/c1-41-32-16-13-24(19-33(32)42-2)17-18-35-34(38)21-28(26-11-7-4-8-12-26)30-23-36(22-25-9-5-3-6-10-25)31-15-14-27(37(39)40)20-29(30)31/h3-16,19-20,23,28H,17-18,21-22H2,1-2H3,(H,35,38)/t28-/m1/s1. The van der Waals surface area contributed by atoms with Crippen LogP contribution in [0, 0.1) is 10.1 Å². The largest absolute Gasteiger partial charge is 0.493 e. The monoisotopic (exact) mass is 563 g/mol. The van der Waals surface area contributed by atoms with E-state index in [1.807, 2.05) is 72.9 Å². The van der Waals surface area contributed by atoms with Gasteiger partial charge in [-0.3, -0.25) is 14.9 Å². The van der Waals surface area contributed by atoms with Crippen LogP contribution in [0.15, 0.2) is 103 Å². The number of hydrogen-bond acceptors (Lipinski definition) is 5. The van der Waals surface area contributed by atoms with Crippen LogP contribution in [0.2, 0.25) is 0 Å². The number of ether oxygens (including phenoxy) is 2. The molecule has 0 saturated carbocycles. The topological polar surface area (TPSA) is 95.6 Å². The Kier molecular flexibility index (Phi) is 8.82. The molecule has 8 heteroatoms. The third-order valence-corrected chi connectivity index (χ3v) is 7.45. The molecule has 42 heavy (non-hydrogen) atoms. The molecular weight excluding hydrogens is 530 g/mol. The molecule has 0 aliphatic rings. The number of hydrogen-bond donors (Lipinski definition) is 1. The van der Waals surface area contributed by atoms with E-state index in [-0.39, 0.29) is 28.9 Å². The zero-order valence-corrected chi connectivity index (χ0v) is 23.7. The van der Waals surface area contributed by atoms with Gasteiger partial charge in [0.25, 0.3) is 5.69 Å². The van der Waals surface area contributed by atoms with Crippen LogP contribution in [0.3, 0.4) is 0 Å². The van der Waals surface area contributed by atoms with Crippen LogP contribution in [-0.4, -0.2) is 36.2 Å². The van der Waals surface area contributed by atoms with Gasteiger partial charge in [-0.1, -0.05) is 66.7 Å². The van der Waals surface area contributed by atoms with Gasteiger partial charge in [0.2, 0.25) is 5.91 Å². The van der Waals surface area contributed by atoms with E-state index in [1.54, 1.807) is 26.4 Å². The average Bonchev–Trinajstić information content (AvgIpc) is 3.37.